The summed E-state index contributed by atoms with van der Waals surface area (Å²) in [4.78, 5) is 23.5. The van der Waals surface area contributed by atoms with Crippen LogP contribution in [0.3, 0.4) is 0 Å². The fourth-order valence-corrected chi connectivity index (χ4v) is 2.41. The molecule has 1 aromatic rings. The Morgan fingerprint density at radius 2 is 2.20 bits per heavy atom. The molecule has 1 aliphatic rings. The average Bonchev–Trinajstić information content (AvgIpc) is 2.88. The van der Waals surface area contributed by atoms with E-state index in [4.69, 9.17) is 5.73 Å². The molecule has 2 amide bonds. The second kappa shape index (κ2) is 6.36. The predicted octanol–water partition coefficient (Wildman–Crippen LogP) is 0.912. The standard InChI is InChI=1S/C14H20N4O2/c1-2-5-9-8-12(18-17-9)14(20)16-11-7-4-3-6-10(11)13(15)19/h3-4,8,10-11H,2,5-7H2,1H3,(H2,15,19)(H,16,20)(H,17,18)/t10-,11+/m0/s1. The highest BCUT2D eigenvalue weighted by atomic mass is 16.2. The fraction of sp³-hybridized carbons (Fsp3) is 0.500. The van der Waals surface area contributed by atoms with Crippen molar-refractivity contribution in [3.8, 4) is 0 Å². The summed E-state index contributed by atoms with van der Waals surface area (Å²) in [5.41, 5.74) is 6.66. The van der Waals surface area contributed by atoms with Crippen LogP contribution in [0.1, 0.15) is 42.4 Å². The van der Waals surface area contributed by atoms with Gasteiger partial charge in [-0.1, -0.05) is 25.5 Å². The van der Waals surface area contributed by atoms with Gasteiger partial charge in [0.05, 0.1) is 5.92 Å². The smallest absolute Gasteiger partial charge is 0.272 e. The van der Waals surface area contributed by atoms with Gasteiger partial charge in [-0.05, 0) is 25.3 Å². The van der Waals surface area contributed by atoms with E-state index < -0.39 is 0 Å². The van der Waals surface area contributed by atoms with Crippen LogP contribution < -0.4 is 11.1 Å². The molecule has 6 nitrogen and oxygen atoms in total. The molecule has 0 radical (unpaired) electrons. The van der Waals surface area contributed by atoms with Gasteiger partial charge in [0.15, 0.2) is 0 Å². The van der Waals surface area contributed by atoms with Crippen LogP contribution in [0.15, 0.2) is 18.2 Å². The molecule has 20 heavy (non-hydrogen) atoms. The Morgan fingerprint density at radius 1 is 1.45 bits per heavy atom. The topological polar surface area (TPSA) is 101 Å². The van der Waals surface area contributed by atoms with Crippen LogP contribution >= 0.6 is 0 Å². The molecule has 0 fully saturated rings. The van der Waals surface area contributed by atoms with E-state index in [9.17, 15) is 9.59 Å². The second-order valence-electron chi connectivity index (χ2n) is 5.06. The van der Waals surface area contributed by atoms with E-state index in [-0.39, 0.29) is 23.8 Å². The minimum atomic E-state index is -0.381. The van der Waals surface area contributed by atoms with Gasteiger partial charge in [0.2, 0.25) is 5.91 Å². The zero-order valence-corrected chi connectivity index (χ0v) is 11.6. The first-order valence-corrected chi connectivity index (χ1v) is 6.91. The maximum atomic E-state index is 12.1. The number of rotatable bonds is 5. The summed E-state index contributed by atoms with van der Waals surface area (Å²) >= 11 is 0. The number of allylic oxidation sites excluding steroid dienone is 1. The van der Waals surface area contributed by atoms with Crippen LogP contribution in [0.5, 0.6) is 0 Å². The first-order valence-electron chi connectivity index (χ1n) is 6.91. The predicted molar refractivity (Wildman–Crippen MR) is 74.9 cm³/mol. The number of primary amides is 1. The highest BCUT2D eigenvalue weighted by Gasteiger charge is 2.29. The molecule has 2 rings (SSSR count). The summed E-state index contributed by atoms with van der Waals surface area (Å²) < 4.78 is 0. The van der Waals surface area contributed by atoms with Gasteiger partial charge in [0.1, 0.15) is 5.69 Å². The Labute approximate surface area is 117 Å². The molecule has 0 saturated carbocycles. The van der Waals surface area contributed by atoms with E-state index in [1.165, 1.54) is 0 Å². The molecule has 108 valence electrons. The van der Waals surface area contributed by atoms with Gasteiger partial charge in [-0.3, -0.25) is 14.7 Å². The van der Waals surface area contributed by atoms with Crippen LogP contribution in [0, 0.1) is 5.92 Å². The molecule has 0 spiro atoms. The number of nitrogens with two attached hydrogens (primary N) is 1. The second-order valence-corrected chi connectivity index (χ2v) is 5.06. The lowest BCUT2D eigenvalue weighted by Gasteiger charge is -2.26. The van der Waals surface area contributed by atoms with Gasteiger partial charge in [0.25, 0.3) is 5.91 Å². The van der Waals surface area contributed by atoms with Gasteiger partial charge in [-0.15, -0.1) is 0 Å². The third-order valence-electron chi connectivity index (χ3n) is 3.50. The average molecular weight is 276 g/mol. The van der Waals surface area contributed by atoms with E-state index in [1.54, 1.807) is 6.07 Å². The summed E-state index contributed by atoms with van der Waals surface area (Å²) in [7, 11) is 0. The number of H-pyrrole nitrogens is 1. The molecule has 0 aliphatic heterocycles. The van der Waals surface area contributed by atoms with Gasteiger partial charge in [0, 0.05) is 11.7 Å². The van der Waals surface area contributed by atoms with Crippen molar-refractivity contribution in [3.05, 3.63) is 29.6 Å². The largest absolute Gasteiger partial charge is 0.369 e. The first-order chi connectivity index (χ1) is 9.61. The molecule has 0 aromatic carbocycles. The van der Waals surface area contributed by atoms with Gasteiger partial charge < -0.3 is 11.1 Å². The molecule has 4 N–H and O–H groups in total. The molecular formula is C14H20N4O2. The number of hydrogen-bond acceptors (Lipinski definition) is 3. The molecule has 1 aromatic heterocycles. The third kappa shape index (κ3) is 3.26. The summed E-state index contributed by atoms with van der Waals surface area (Å²) in [5, 5.41) is 9.69. The molecule has 2 atom stereocenters. The lowest BCUT2D eigenvalue weighted by atomic mass is 9.88. The zero-order valence-electron chi connectivity index (χ0n) is 11.6. The number of aromatic amines is 1. The molecule has 0 saturated heterocycles. The molecule has 6 heteroatoms. The van der Waals surface area contributed by atoms with Crippen LogP contribution in [0.2, 0.25) is 0 Å². The van der Waals surface area contributed by atoms with Crippen molar-refractivity contribution < 1.29 is 9.59 Å². The minimum Gasteiger partial charge on any atom is -0.369 e. The van der Waals surface area contributed by atoms with Crippen molar-refractivity contribution in [1.82, 2.24) is 15.5 Å². The number of carbonyl (C=O) groups excluding carboxylic acids is 2. The van der Waals surface area contributed by atoms with E-state index in [2.05, 4.69) is 22.4 Å². The Bertz CT molecular complexity index is 521. The lowest BCUT2D eigenvalue weighted by Crippen LogP contribution is -2.46. The number of carbonyl (C=O) groups is 2. The quantitative estimate of drug-likeness (QED) is 0.697. The van der Waals surface area contributed by atoms with Crippen molar-refractivity contribution in [2.24, 2.45) is 11.7 Å². The maximum absolute atomic E-state index is 12.1. The molecule has 1 heterocycles. The Kier molecular flexibility index (Phi) is 4.55. The summed E-state index contributed by atoms with van der Waals surface area (Å²) in [5.74, 6) is -0.999. The zero-order chi connectivity index (χ0) is 14.5. The van der Waals surface area contributed by atoms with Crippen LogP contribution in [-0.4, -0.2) is 28.1 Å². The van der Waals surface area contributed by atoms with Crippen molar-refractivity contribution in [3.63, 3.8) is 0 Å². The summed E-state index contributed by atoms with van der Waals surface area (Å²) in [6, 6.07) is 1.49. The number of aromatic nitrogens is 2. The Hall–Kier alpha value is -2.11. The first kappa shape index (κ1) is 14.3. The van der Waals surface area contributed by atoms with E-state index in [0.29, 0.717) is 18.5 Å². The molecule has 0 bridgehead atoms. The van der Waals surface area contributed by atoms with E-state index in [0.717, 1.165) is 18.5 Å². The van der Waals surface area contributed by atoms with Gasteiger partial charge in [-0.2, -0.15) is 5.10 Å². The number of amides is 2. The van der Waals surface area contributed by atoms with E-state index in [1.807, 2.05) is 12.2 Å². The van der Waals surface area contributed by atoms with Crippen molar-refractivity contribution >= 4 is 11.8 Å². The number of nitrogens with zero attached hydrogens (tertiary/aromatic N) is 1. The molecular weight excluding hydrogens is 256 g/mol. The van der Waals surface area contributed by atoms with Crippen LogP contribution in [0.4, 0.5) is 0 Å². The lowest BCUT2D eigenvalue weighted by molar-refractivity contribution is -0.122. The Morgan fingerprint density at radius 3 is 2.90 bits per heavy atom. The SMILES string of the molecule is CCCc1cc(C(=O)N[C@@H]2CC=CC[C@@H]2C(N)=O)n[nH]1. The monoisotopic (exact) mass is 276 g/mol. The van der Waals surface area contributed by atoms with Crippen LogP contribution in [-0.2, 0) is 11.2 Å². The third-order valence-corrected chi connectivity index (χ3v) is 3.50. The maximum Gasteiger partial charge on any atom is 0.272 e. The highest BCUT2D eigenvalue weighted by molar-refractivity contribution is 5.93. The van der Waals surface area contributed by atoms with Crippen molar-refractivity contribution in [1.29, 1.82) is 0 Å². The fourth-order valence-electron chi connectivity index (χ4n) is 2.41. The highest BCUT2D eigenvalue weighted by Crippen LogP contribution is 2.19. The molecule has 1 aliphatic carbocycles. The molecule has 0 unspecified atom stereocenters. The Balaban J connectivity index is 2.02. The van der Waals surface area contributed by atoms with Crippen LogP contribution in [0.25, 0.3) is 0 Å². The van der Waals surface area contributed by atoms with Crippen molar-refractivity contribution in [2.75, 3.05) is 0 Å². The van der Waals surface area contributed by atoms with Gasteiger partial charge >= 0.3 is 0 Å². The number of nitrogens with one attached hydrogen (secondary N) is 2. The minimum absolute atomic E-state index is 0.253. The van der Waals surface area contributed by atoms with Crippen molar-refractivity contribution in [2.45, 2.75) is 38.6 Å². The summed E-state index contributed by atoms with van der Waals surface area (Å²) in [6.45, 7) is 2.06. The number of hydrogen-bond donors (Lipinski definition) is 3. The number of aryl methyl sites for hydroxylation is 1. The normalized spacial score (nSPS) is 21.6. The summed E-state index contributed by atoms with van der Waals surface area (Å²) in [6.07, 6.45) is 6.91. The van der Waals surface area contributed by atoms with E-state index >= 15 is 0 Å². The van der Waals surface area contributed by atoms with Gasteiger partial charge in [-0.25, -0.2) is 0 Å².